The van der Waals surface area contributed by atoms with Crippen molar-refractivity contribution in [2.45, 2.75) is 18.6 Å². The third-order valence-electron chi connectivity index (χ3n) is 3.78. The van der Waals surface area contributed by atoms with Gasteiger partial charge in [-0.1, -0.05) is 0 Å². The van der Waals surface area contributed by atoms with Crippen molar-refractivity contribution in [3.8, 4) is 5.75 Å². The van der Waals surface area contributed by atoms with Crippen molar-refractivity contribution in [3.63, 3.8) is 0 Å². The Bertz CT molecular complexity index is 605. The van der Waals surface area contributed by atoms with Gasteiger partial charge in [-0.05, 0) is 18.6 Å². The number of rotatable bonds is 3. The molecular weight excluding hydrogens is 325 g/mol. The van der Waals surface area contributed by atoms with E-state index in [1.165, 1.54) is 0 Å². The number of hydrogen-bond acceptors (Lipinski definition) is 4. The molecule has 1 heterocycles. The monoisotopic (exact) mass is 339 g/mol. The predicted octanol–water partition coefficient (Wildman–Crippen LogP) is 2.90. The minimum atomic E-state index is -4.52. The van der Waals surface area contributed by atoms with Gasteiger partial charge in [-0.15, -0.1) is 0 Å². The van der Waals surface area contributed by atoms with E-state index in [0.717, 1.165) is 31.3 Å². The molecule has 0 spiro atoms. The number of benzene rings is 1. The van der Waals surface area contributed by atoms with E-state index in [9.17, 15) is 26.7 Å². The molecule has 1 saturated heterocycles. The standard InChI is InChI=1S/C14H14F5NO3/c1-22-12-9(4-3-8(15)11(12)16)20-6-7(14(17,18)19)5-10(20)13(21)23-2/h3-4,7,10H,5-6H2,1-2H3. The first-order valence-electron chi connectivity index (χ1n) is 6.63. The van der Waals surface area contributed by atoms with Gasteiger partial charge in [0.25, 0.3) is 0 Å². The number of halogens is 5. The summed E-state index contributed by atoms with van der Waals surface area (Å²) in [5, 5.41) is 0. The molecule has 2 atom stereocenters. The highest BCUT2D eigenvalue weighted by molar-refractivity contribution is 5.82. The smallest absolute Gasteiger partial charge is 0.393 e. The Balaban J connectivity index is 2.47. The Morgan fingerprint density at radius 2 is 1.91 bits per heavy atom. The van der Waals surface area contributed by atoms with Crippen molar-refractivity contribution in [2.24, 2.45) is 5.92 Å². The molecule has 0 aromatic heterocycles. The maximum absolute atomic E-state index is 13.8. The van der Waals surface area contributed by atoms with Crippen LogP contribution in [0, 0.1) is 17.6 Å². The van der Waals surface area contributed by atoms with E-state index in [1.807, 2.05) is 0 Å². The van der Waals surface area contributed by atoms with Gasteiger partial charge in [-0.25, -0.2) is 9.18 Å². The summed E-state index contributed by atoms with van der Waals surface area (Å²) in [6.07, 6.45) is -5.05. The molecule has 0 aliphatic carbocycles. The molecule has 0 radical (unpaired) electrons. The van der Waals surface area contributed by atoms with Crippen LogP contribution in [0.4, 0.5) is 27.6 Å². The average molecular weight is 339 g/mol. The zero-order valence-corrected chi connectivity index (χ0v) is 12.3. The van der Waals surface area contributed by atoms with Crippen molar-refractivity contribution in [2.75, 3.05) is 25.7 Å². The maximum Gasteiger partial charge on any atom is 0.393 e. The molecule has 4 nitrogen and oxygen atoms in total. The molecule has 1 aromatic carbocycles. The zero-order valence-electron chi connectivity index (χ0n) is 12.3. The SMILES string of the molecule is COC(=O)C1CC(C(F)(F)F)CN1c1ccc(F)c(F)c1OC. The lowest BCUT2D eigenvalue weighted by Crippen LogP contribution is -2.37. The molecule has 1 aliphatic heterocycles. The van der Waals surface area contributed by atoms with Crippen LogP contribution in [0.15, 0.2) is 12.1 Å². The average Bonchev–Trinajstić information content (AvgIpc) is 2.94. The summed E-state index contributed by atoms with van der Waals surface area (Å²) >= 11 is 0. The first kappa shape index (κ1) is 17.3. The summed E-state index contributed by atoms with van der Waals surface area (Å²) < 4.78 is 75.3. The van der Waals surface area contributed by atoms with Crippen LogP contribution in [0.25, 0.3) is 0 Å². The summed E-state index contributed by atoms with van der Waals surface area (Å²) in [6, 6.07) is 0.583. The number of anilines is 1. The van der Waals surface area contributed by atoms with E-state index in [4.69, 9.17) is 4.74 Å². The summed E-state index contributed by atoms with van der Waals surface area (Å²) in [5.41, 5.74) is -0.131. The zero-order chi connectivity index (χ0) is 17.4. The van der Waals surface area contributed by atoms with Crippen molar-refractivity contribution in [1.29, 1.82) is 0 Å². The number of carbonyl (C=O) groups excluding carboxylic acids is 1. The molecule has 2 rings (SSSR count). The normalized spacial score (nSPS) is 21.4. The summed E-state index contributed by atoms with van der Waals surface area (Å²) in [5.74, 6) is -5.76. The largest absolute Gasteiger partial charge is 0.491 e. The number of hydrogen-bond donors (Lipinski definition) is 0. The van der Waals surface area contributed by atoms with Crippen LogP contribution in [0.5, 0.6) is 5.75 Å². The van der Waals surface area contributed by atoms with Crippen LogP contribution in [0.2, 0.25) is 0 Å². The van der Waals surface area contributed by atoms with E-state index in [-0.39, 0.29) is 5.69 Å². The quantitative estimate of drug-likeness (QED) is 0.627. The molecule has 9 heteroatoms. The lowest BCUT2D eigenvalue weighted by atomic mass is 10.1. The van der Waals surface area contributed by atoms with Gasteiger partial charge in [-0.2, -0.15) is 17.6 Å². The van der Waals surface area contributed by atoms with Crippen LogP contribution in [0.1, 0.15) is 6.42 Å². The van der Waals surface area contributed by atoms with E-state index in [1.54, 1.807) is 0 Å². The second-order valence-corrected chi connectivity index (χ2v) is 5.08. The van der Waals surface area contributed by atoms with Crippen LogP contribution in [0.3, 0.4) is 0 Å². The number of carbonyl (C=O) groups is 1. The number of ether oxygens (including phenoxy) is 2. The third-order valence-corrected chi connectivity index (χ3v) is 3.78. The van der Waals surface area contributed by atoms with E-state index >= 15 is 0 Å². The minimum Gasteiger partial charge on any atom is -0.491 e. The van der Waals surface area contributed by atoms with Gasteiger partial charge in [0.1, 0.15) is 6.04 Å². The van der Waals surface area contributed by atoms with Crippen LogP contribution in [-0.2, 0) is 9.53 Å². The second kappa shape index (κ2) is 6.21. The van der Waals surface area contributed by atoms with Crippen LogP contribution in [-0.4, -0.2) is 39.0 Å². The number of methoxy groups -OCH3 is 2. The molecule has 2 unspecified atom stereocenters. The highest BCUT2D eigenvalue weighted by Crippen LogP contribution is 2.42. The van der Waals surface area contributed by atoms with Gasteiger partial charge < -0.3 is 14.4 Å². The Hall–Kier alpha value is -2.06. The number of nitrogens with zero attached hydrogens (tertiary/aromatic N) is 1. The molecule has 23 heavy (non-hydrogen) atoms. The number of esters is 1. The Kier molecular flexibility index (Phi) is 4.67. The predicted molar refractivity (Wildman–Crippen MR) is 70.2 cm³/mol. The molecule has 0 saturated carbocycles. The molecule has 1 aliphatic rings. The molecular formula is C14H14F5NO3. The van der Waals surface area contributed by atoms with Gasteiger partial charge in [0.2, 0.25) is 5.82 Å². The Labute approximate surface area is 128 Å². The Morgan fingerprint density at radius 3 is 2.43 bits per heavy atom. The van der Waals surface area contributed by atoms with Gasteiger partial charge in [-0.3, -0.25) is 0 Å². The number of alkyl halides is 3. The van der Waals surface area contributed by atoms with Crippen molar-refractivity contribution in [3.05, 3.63) is 23.8 Å². The molecule has 0 N–H and O–H groups in total. The fourth-order valence-electron chi connectivity index (χ4n) is 2.64. The topological polar surface area (TPSA) is 38.8 Å². The summed E-state index contributed by atoms with van der Waals surface area (Å²) in [7, 11) is 2.11. The summed E-state index contributed by atoms with van der Waals surface area (Å²) in [4.78, 5) is 12.8. The fraction of sp³-hybridized carbons (Fsp3) is 0.500. The molecule has 1 aromatic rings. The van der Waals surface area contributed by atoms with Crippen molar-refractivity contribution >= 4 is 11.7 Å². The maximum atomic E-state index is 13.8. The minimum absolute atomic E-state index is 0.131. The van der Waals surface area contributed by atoms with E-state index in [2.05, 4.69) is 4.74 Å². The van der Waals surface area contributed by atoms with Gasteiger partial charge in [0, 0.05) is 6.54 Å². The summed E-state index contributed by atoms with van der Waals surface area (Å²) in [6.45, 7) is -0.579. The van der Waals surface area contributed by atoms with Gasteiger partial charge in [0.15, 0.2) is 11.6 Å². The van der Waals surface area contributed by atoms with E-state index in [0.29, 0.717) is 0 Å². The fourth-order valence-corrected chi connectivity index (χ4v) is 2.64. The first-order chi connectivity index (χ1) is 10.7. The van der Waals surface area contributed by atoms with Gasteiger partial charge >= 0.3 is 12.1 Å². The van der Waals surface area contributed by atoms with Crippen molar-refractivity contribution < 1.29 is 36.2 Å². The molecule has 0 amide bonds. The molecule has 1 fully saturated rings. The van der Waals surface area contributed by atoms with Crippen LogP contribution >= 0.6 is 0 Å². The first-order valence-corrected chi connectivity index (χ1v) is 6.63. The van der Waals surface area contributed by atoms with Crippen molar-refractivity contribution in [1.82, 2.24) is 0 Å². The molecule has 0 bridgehead atoms. The highest BCUT2D eigenvalue weighted by Gasteiger charge is 2.50. The second-order valence-electron chi connectivity index (χ2n) is 5.08. The Morgan fingerprint density at radius 1 is 1.26 bits per heavy atom. The van der Waals surface area contributed by atoms with Gasteiger partial charge in [0.05, 0.1) is 25.8 Å². The molecule has 128 valence electrons. The lowest BCUT2D eigenvalue weighted by molar-refractivity contribution is -0.169. The highest BCUT2D eigenvalue weighted by atomic mass is 19.4. The third kappa shape index (κ3) is 3.18. The van der Waals surface area contributed by atoms with E-state index < -0.39 is 54.5 Å². The van der Waals surface area contributed by atoms with Crippen LogP contribution < -0.4 is 9.64 Å². The lowest BCUT2D eigenvalue weighted by Gasteiger charge is -2.26.